The van der Waals surface area contributed by atoms with Crippen molar-refractivity contribution < 1.29 is 14.3 Å². The van der Waals surface area contributed by atoms with E-state index in [0.29, 0.717) is 37.9 Å². The molecular weight excluding hydrogens is 530 g/mol. The topological polar surface area (TPSA) is 87.7 Å². The van der Waals surface area contributed by atoms with Gasteiger partial charge in [-0.15, -0.1) is 11.3 Å². The normalized spacial score (nSPS) is 16.8. The third kappa shape index (κ3) is 4.84. The number of nitrogens with one attached hydrogen (secondary N) is 1. The van der Waals surface area contributed by atoms with Crippen molar-refractivity contribution in [3.05, 3.63) is 70.9 Å². The van der Waals surface area contributed by atoms with Gasteiger partial charge in [0.15, 0.2) is 5.13 Å². The summed E-state index contributed by atoms with van der Waals surface area (Å²) in [7, 11) is 0. The number of morpholine rings is 1. The van der Waals surface area contributed by atoms with E-state index in [9.17, 15) is 9.59 Å². The van der Waals surface area contributed by atoms with E-state index < -0.39 is 0 Å². The van der Waals surface area contributed by atoms with Crippen molar-refractivity contribution in [2.24, 2.45) is 0 Å². The summed E-state index contributed by atoms with van der Waals surface area (Å²) in [6.07, 6.45) is 4.62. The van der Waals surface area contributed by atoms with Gasteiger partial charge in [-0.25, -0.2) is 9.97 Å². The van der Waals surface area contributed by atoms with Crippen LogP contribution < -0.4 is 15.1 Å². The van der Waals surface area contributed by atoms with Crippen LogP contribution in [0.5, 0.6) is 0 Å². The summed E-state index contributed by atoms with van der Waals surface area (Å²) in [5, 5.41) is 4.04. The van der Waals surface area contributed by atoms with Crippen LogP contribution in [0, 0.1) is 0 Å². The lowest BCUT2D eigenvalue weighted by molar-refractivity contribution is 0.0952. The number of hydrogen-bond donors (Lipinski definition) is 1. The Hall–Kier alpha value is -3.60. The Labute approximate surface area is 234 Å². The Kier molecular flexibility index (Phi) is 6.38. The van der Waals surface area contributed by atoms with Crippen LogP contribution in [0.2, 0.25) is 0 Å². The van der Waals surface area contributed by atoms with Crippen LogP contribution >= 0.6 is 22.7 Å². The molecule has 7 rings (SSSR count). The first kappa shape index (κ1) is 24.4. The van der Waals surface area contributed by atoms with Gasteiger partial charge in [-0.2, -0.15) is 0 Å². The highest BCUT2D eigenvalue weighted by Crippen LogP contribution is 2.42. The van der Waals surface area contributed by atoms with Crippen molar-refractivity contribution in [1.29, 1.82) is 0 Å². The third-order valence-electron chi connectivity index (χ3n) is 7.23. The number of benzene rings is 1. The number of carbonyl (C=O) groups is 2. The lowest BCUT2D eigenvalue weighted by atomic mass is 10.1. The predicted octanol–water partition coefficient (Wildman–Crippen LogP) is 4.87. The van der Waals surface area contributed by atoms with Crippen LogP contribution in [-0.4, -0.2) is 60.7 Å². The average molecular weight is 558 g/mol. The van der Waals surface area contributed by atoms with Gasteiger partial charge < -0.3 is 19.9 Å². The molecule has 8 nitrogen and oxygen atoms in total. The number of rotatable bonds is 5. The second kappa shape index (κ2) is 10.2. The van der Waals surface area contributed by atoms with Crippen LogP contribution in [0.4, 0.5) is 10.8 Å². The molecule has 0 atom stereocenters. The SMILES string of the molecule is O=C(NC1CC1)c1cc2c(s1)-c1ccccc1N(C(=O)c1cccc(-c3cnc(N4CCOCC4)s3)n1)CC2. The number of nitrogens with zero attached hydrogens (tertiary/aromatic N) is 4. The van der Waals surface area contributed by atoms with Gasteiger partial charge in [-0.1, -0.05) is 35.6 Å². The fraction of sp³-hybridized carbons (Fsp3) is 0.310. The highest BCUT2D eigenvalue weighted by molar-refractivity contribution is 7.19. The summed E-state index contributed by atoms with van der Waals surface area (Å²) in [4.78, 5) is 42.8. The number of anilines is 2. The lowest BCUT2D eigenvalue weighted by Crippen LogP contribution is -2.36. The van der Waals surface area contributed by atoms with Crippen molar-refractivity contribution in [3.63, 3.8) is 0 Å². The molecule has 39 heavy (non-hydrogen) atoms. The number of aromatic nitrogens is 2. The first-order valence-electron chi connectivity index (χ1n) is 13.2. The summed E-state index contributed by atoms with van der Waals surface area (Å²) in [6, 6.07) is 15.8. The van der Waals surface area contributed by atoms with Gasteiger partial charge in [0.2, 0.25) is 0 Å². The molecule has 0 unspecified atom stereocenters. The Morgan fingerprint density at radius 2 is 1.85 bits per heavy atom. The lowest BCUT2D eigenvalue weighted by Gasteiger charge is -2.25. The van der Waals surface area contributed by atoms with Crippen molar-refractivity contribution in [2.45, 2.75) is 25.3 Å². The maximum absolute atomic E-state index is 13.9. The first-order valence-corrected chi connectivity index (χ1v) is 14.9. The minimum atomic E-state index is -0.135. The number of ether oxygens (including phenoxy) is 1. The number of fused-ring (bicyclic) bond motifs is 3. The van der Waals surface area contributed by atoms with E-state index in [0.717, 1.165) is 68.2 Å². The van der Waals surface area contributed by atoms with Crippen molar-refractivity contribution in [2.75, 3.05) is 42.6 Å². The van der Waals surface area contributed by atoms with Crippen LogP contribution in [0.3, 0.4) is 0 Å². The third-order valence-corrected chi connectivity index (χ3v) is 9.52. The molecule has 2 fully saturated rings. The minimum absolute atomic E-state index is 0.00171. The first-order chi connectivity index (χ1) is 19.1. The summed E-state index contributed by atoms with van der Waals surface area (Å²) >= 11 is 3.09. The molecule has 1 N–H and O–H groups in total. The van der Waals surface area contributed by atoms with Gasteiger partial charge in [0.1, 0.15) is 5.69 Å². The molecule has 1 saturated carbocycles. The smallest absolute Gasteiger partial charge is 0.276 e. The minimum Gasteiger partial charge on any atom is -0.378 e. The molecule has 0 bridgehead atoms. The van der Waals surface area contributed by atoms with Gasteiger partial charge in [0.25, 0.3) is 11.8 Å². The second-order valence-electron chi connectivity index (χ2n) is 9.95. The van der Waals surface area contributed by atoms with Crippen molar-refractivity contribution in [3.8, 4) is 21.0 Å². The van der Waals surface area contributed by atoms with Crippen LogP contribution in [-0.2, 0) is 11.2 Å². The Morgan fingerprint density at radius 1 is 1.00 bits per heavy atom. The average Bonchev–Trinajstić information content (AvgIpc) is 3.51. The summed E-state index contributed by atoms with van der Waals surface area (Å²) in [5.74, 6) is -0.133. The monoisotopic (exact) mass is 557 g/mol. The molecule has 0 radical (unpaired) electrons. The van der Waals surface area contributed by atoms with Gasteiger partial charge in [0, 0.05) is 42.3 Å². The summed E-state index contributed by atoms with van der Waals surface area (Å²) in [5.41, 5.74) is 4.06. The van der Waals surface area contributed by atoms with Crippen LogP contribution in [0.1, 0.15) is 38.6 Å². The van der Waals surface area contributed by atoms with Crippen LogP contribution in [0.25, 0.3) is 21.0 Å². The molecule has 1 saturated heterocycles. The molecule has 1 aromatic carbocycles. The highest BCUT2D eigenvalue weighted by Gasteiger charge is 2.30. The number of hydrogen-bond acceptors (Lipinski definition) is 8. The van der Waals surface area contributed by atoms with E-state index in [4.69, 9.17) is 9.72 Å². The zero-order chi connectivity index (χ0) is 26.3. The quantitative estimate of drug-likeness (QED) is 0.377. The Bertz CT molecular complexity index is 1550. The van der Waals surface area contributed by atoms with Gasteiger partial charge >= 0.3 is 0 Å². The Morgan fingerprint density at radius 3 is 2.69 bits per heavy atom. The molecule has 5 heterocycles. The molecule has 1 aliphatic carbocycles. The summed E-state index contributed by atoms with van der Waals surface area (Å²) < 4.78 is 5.46. The molecule has 3 aromatic heterocycles. The Balaban J connectivity index is 1.16. The van der Waals surface area contributed by atoms with Gasteiger partial charge in [-0.3, -0.25) is 9.59 Å². The summed E-state index contributed by atoms with van der Waals surface area (Å²) in [6.45, 7) is 3.57. The number of thiophene rings is 1. The molecule has 0 spiro atoms. The fourth-order valence-corrected chi connectivity index (χ4v) is 7.10. The number of thiazole rings is 1. The van der Waals surface area contributed by atoms with Gasteiger partial charge in [-0.05, 0) is 49.1 Å². The number of pyridine rings is 1. The van der Waals surface area contributed by atoms with Crippen molar-refractivity contribution >= 4 is 45.3 Å². The number of carbonyl (C=O) groups excluding carboxylic acids is 2. The fourth-order valence-electron chi connectivity index (χ4n) is 5.02. The second-order valence-corrected chi connectivity index (χ2v) is 12.0. The maximum Gasteiger partial charge on any atom is 0.276 e. The molecule has 4 aromatic rings. The zero-order valence-corrected chi connectivity index (χ0v) is 22.9. The van der Waals surface area contributed by atoms with E-state index in [1.807, 2.05) is 53.6 Å². The maximum atomic E-state index is 13.9. The van der Waals surface area contributed by atoms with E-state index >= 15 is 0 Å². The molecule has 2 aliphatic heterocycles. The zero-order valence-electron chi connectivity index (χ0n) is 21.3. The van der Waals surface area contributed by atoms with E-state index in [-0.39, 0.29) is 11.8 Å². The largest absolute Gasteiger partial charge is 0.378 e. The molecule has 2 amide bonds. The predicted molar refractivity (Wildman–Crippen MR) is 154 cm³/mol. The molecule has 198 valence electrons. The molecule has 3 aliphatic rings. The van der Waals surface area contributed by atoms with Crippen molar-refractivity contribution in [1.82, 2.24) is 15.3 Å². The van der Waals surface area contributed by atoms with E-state index in [2.05, 4.69) is 15.2 Å². The van der Waals surface area contributed by atoms with Gasteiger partial charge in [0.05, 0.1) is 34.3 Å². The van der Waals surface area contributed by atoms with Crippen LogP contribution in [0.15, 0.2) is 54.7 Å². The number of para-hydroxylation sites is 1. The standard InChI is InChI=1S/C29H27N5O3S2/c35-27(31-19-8-9-19)24-16-18-10-11-34(23-7-2-1-4-20(23)26(18)38-24)28(36)22-6-3-5-21(32-22)25-17-30-29(39-25)33-12-14-37-15-13-33/h1-7,16-17,19H,8-15H2,(H,31,35). The number of amides is 2. The highest BCUT2D eigenvalue weighted by atomic mass is 32.1. The molecule has 10 heteroatoms. The van der Waals surface area contributed by atoms with E-state index in [1.54, 1.807) is 17.4 Å². The van der Waals surface area contributed by atoms with E-state index in [1.165, 1.54) is 11.3 Å². The molecular formula is C29H27N5O3S2.